The Morgan fingerprint density at radius 2 is 2.42 bits per heavy atom. The van der Waals surface area contributed by atoms with E-state index in [1.165, 1.54) is 0 Å². The zero-order valence-corrected chi connectivity index (χ0v) is 13.4. The van der Waals surface area contributed by atoms with Crippen molar-refractivity contribution in [2.24, 2.45) is 0 Å². The second-order valence-corrected chi connectivity index (χ2v) is 6.72. The Kier molecular flexibility index (Phi) is 3.81. The maximum absolute atomic E-state index is 13.9. The summed E-state index contributed by atoms with van der Waals surface area (Å²) < 4.78 is 19.9. The Bertz CT molecular complexity index is 805. The van der Waals surface area contributed by atoms with Crippen LogP contribution in [-0.2, 0) is 6.42 Å². The number of hydrogen-bond donors (Lipinski definition) is 0. The Morgan fingerprint density at radius 1 is 1.50 bits per heavy atom. The van der Waals surface area contributed by atoms with Crippen LogP contribution in [0.25, 0.3) is 10.9 Å². The molecule has 0 bridgehead atoms. The lowest BCUT2D eigenvalue weighted by molar-refractivity contribution is 0.110. The number of hydrogen-bond acceptors (Lipinski definition) is 5. The number of nitriles is 1. The zero-order valence-electron chi connectivity index (χ0n) is 13.4. The first kappa shape index (κ1) is 15.3. The Morgan fingerprint density at radius 3 is 3.29 bits per heavy atom. The Hall–Kier alpha value is -2.26. The van der Waals surface area contributed by atoms with Crippen LogP contribution in [0.3, 0.4) is 0 Å². The number of rotatable bonds is 4. The third-order valence-electron chi connectivity index (χ3n) is 5.16. The fraction of sp³-hybridized carbons (Fsp3) is 0.500. The van der Waals surface area contributed by atoms with E-state index in [-0.39, 0.29) is 12.0 Å². The molecule has 2 aromatic rings. The predicted molar refractivity (Wildman–Crippen MR) is 87.4 cm³/mol. The SMILES string of the molecule is N#CCc1cc2cnccc2nc1OC[C@@]12CCCN1C[C@H](F)C2. The third kappa shape index (κ3) is 2.59. The minimum Gasteiger partial charge on any atom is -0.475 e. The first-order valence-electron chi connectivity index (χ1n) is 8.33. The molecule has 0 saturated carbocycles. The van der Waals surface area contributed by atoms with Gasteiger partial charge in [0.05, 0.1) is 23.5 Å². The van der Waals surface area contributed by atoms with Gasteiger partial charge < -0.3 is 4.74 Å². The van der Waals surface area contributed by atoms with Crippen molar-refractivity contribution in [3.63, 3.8) is 0 Å². The van der Waals surface area contributed by atoms with Crippen LogP contribution in [-0.4, -0.2) is 46.3 Å². The summed E-state index contributed by atoms with van der Waals surface area (Å²) in [6, 6.07) is 5.89. The van der Waals surface area contributed by atoms with Crippen LogP contribution in [0.4, 0.5) is 4.39 Å². The molecule has 0 spiro atoms. The molecular formula is C18H19FN4O. The molecule has 4 heterocycles. The lowest BCUT2D eigenvalue weighted by atomic mass is 9.95. The van der Waals surface area contributed by atoms with E-state index in [1.54, 1.807) is 12.4 Å². The number of nitrogens with zero attached hydrogens (tertiary/aromatic N) is 4. The molecule has 0 aromatic carbocycles. The molecule has 6 heteroatoms. The highest BCUT2D eigenvalue weighted by Gasteiger charge is 2.49. The van der Waals surface area contributed by atoms with Crippen molar-refractivity contribution in [3.8, 4) is 11.9 Å². The van der Waals surface area contributed by atoms with Gasteiger partial charge in [-0.25, -0.2) is 9.37 Å². The summed E-state index contributed by atoms with van der Waals surface area (Å²) in [7, 11) is 0. The van der Waals surface area contributed by atoms with Crippen molar-refractivity contribution in [1.82, 2.24) is 14.9 Å². The van der Waals surface area contributed by atoms with E-state index in [2.05, 4.69) is 20.9 Å². The first-order valence-corrected chi connectivity index (χ1v) is 8.33. The van der Waals surface area contributed by atoms with Crippen LogP contribution in [0, 0.1) is 11.3 Å². The summed E-state index contributed by atoms with van der Waals surface area (Å²) in [5, 5.41) is 9.96. The van der Waals surface area contributed by atoms with E-state index in [0.29, 0.717) is 25.5 Å². The number of pyridine rings is 2. The van der Waals surface area contributed by atoms with Crippen LogP contribution >= 0.6 is 0 Å². The minimum absolute atomic E-state index is 0.210. The van der Waals surface area contributed by atoms with Gasteiger partial charge in [-0.2, -0.15) is 5.26 Å². The summed E-state index contributed by atoms with van der Waals surface area (Å²) in [6.07, 6.45) is 5.44. The standard InChI is InChI=1S/C18H19FN4O/c19-15-9-18(4-1-7-23(18)11-15)12-24-17-13(2-5-20)8-14-10-21-6-3-16(14)22-17/h3,6,8,10,15H,1-2,4,7,9,11-12H2/t15-,18+/m1/s1. The van der Waals surface area contributed by atoms with Crippen LogP contribution in [0.15, 0.2) is 24.5 Å². The molecule has 5 nitrogen and oxygen atoms in total. The van der Waals surface area contributed by atoms with E-state index in [4.69, 9.17) is 10.00 Å². The van der Waals surface area contributed by atoms with Gasteiger partial charge in [-0.05, 0) is 31.5 Å². The van der Waals surface area contributed by atoms with Gasteiger partial charge in [-0.1, -0.05) is 0 Å². The average Bonchev–Trinajstić information content (AvgIpc) is 3.09. The monoisotopic (exact) mass is 326 g/mol. The lowest BCUT2D eigenvalue weighted by Crippen LogP contribution is -2.43. The number of fused-ring (bicyclic) bond motifs is 2. The van der Waals surface area contributed by atoms with Gasteiger partial charge in [0.1, 0.15) is 12.8 Å². The average molecular weight is 326 g/mol. The lowest BCUT2D eigenvalue weighted by Gasteiger charge is -2.31. The van der Waals surface area contributed by atoms with E-state index in [1.807, 2.05) is 12.1 Å². The largest absolute Gasteiger partial charge is 0.475 e. The van der Waals surface area contributed by atoms with E-state index in [0.717, 1.165) is 35.9 Å². The number of ether oxygens (including phenoxy) is 1. The van der Waals surface area contributed by atoms with Crippen LogP contribution in [0.2, 0.25) is 0 Å². The Labute approximate surface area is 140 Å². The van der Waals surface area contributed by atoms with Gasteiger partial charge in [0.15, 0.2) is 0 Å². The fourth-order valence-corrected chi connectivity index (χ4v) is 4.03. The Balaban J connectivity index is 1.62. The molecule has 0 aliphatic carbocycles. The van der Waals surface area contributed by atoms with Crippen LogP contribution in [0.5, 0.6) is 5.88 Å². The molecule has 0 radical (unpaired) electrons. The first-order chi connectivity index (χ1) is 11.7. The summed E-state index contributed by atoms with van der Waals surface area (Å²) in [4.78, 5) is 10.9. The second-order valence-electron chi connectivity index (χ2n) is 6.72. The summed E-state index contributed by atoms with van der Waals surface area (Å²) >= 11 is 0. The normalized spacial score (nSPS) is 26.4. The molecule has 2 aliphatic rings. The summed E-state index contributed by atoms with van der Waals surface area (Å²) in [5.41, 5.74) is 1.34. The maximum atomic E-state index is 13.9. The molecule has 0 N–H and O–H groups in total. The summed E-state index contributed by atoms with van der Waals surface area (Å²) in [6.45, 7) is 1.87. The summed E-state index contributed by atoms with van der Waals surface area (Å²) in [5.74, 6) is 0.485. The van der Waals surface area contributed by atoms with Crippen LogP contribution in [0.1, 0.15) is 24.8 Å². The van der Waals surface area contributed by atoms with Gasteiger partial charge in [-0.15, -0.1) is 0 Å². The van der Waals surface area contributed by atoms with E-state index >= 15 is 0 Å². The third-order valence-corrected chi connectivity index (χ3v) is 5.16. The van der Waals surface area contributed by atoms with Crippen molar-refractivity contribution in [2.75, 3.05) is 19.7 Å². The number of aromatic nitrogens is 2. The van der Waals surface area contributed by atoms with Gasteiger partial charge in [0.25, 0.3) is 0 Å². The highest BCUT2D eigenvalue weighted by molar-refractivity contribution is 5.79. The highest BCUT2D eigenvalue weighted by atomic mass is 19.1. The van der Waals surface area contributed by atoms with Crippen LogP contribution < -0.4 is 4.74 Å². The van der Waals surface area contributed by atoms with E-state index in [9.17, 15) is 4.39 Å². The molecule has 2 fully saturated rings. The molecule has 4 rings (SSSR count). The van der Waals surface area contributed by atoms with Crippen molar-refractivity contribution >= 4 is 10.9 Å². The topological polar surface area (TPSA) is 62.0 Å². The molecule has 0 amide bonds. The molecule has 0 unspecified atom stereocenters. The second kappa shape index (κ2) is 5.99. The van der Waals surface area contributed by atoms with Crippen molar-refractivity contribution < 1.29 is 9.13 Å². The predicted octanol–water partition coefficient (Wildman–Crippen LogP) is 2.65. The minimum atomic E-state index is -0.775. The number of halogens is 1. The quantitative estimate of drug-likeness (QED) is 0.864. The van der Waals surface area contributed by atoms with Gasteiger partial charge in [0.2, 0.25) is 5.88 Å². The van der Waals surface area contributed by atoms with Crippen molar-refractivity contribution in [3.05, 3.63) is 30.1 Å². The van der Waals surface area contributed by atoms with Gasteiger partial charge in [0, 0.05) is 36.3 Å². The molecular weight excluding hydrogens is 307 g/mol. The molecule has 24 heavy (non-hydrogen) atoms. The number of alkyl halides is 1. The van der Waals surface area contributed by atoms with E-state index < -0.39 is 6.17 Å². The highest BCUT2D eigenvalue weighted by Crippen LogP contribution is 2.40. The maximum Gasteiger partial charge on any atom is 0.218 e. The smallest absolute Gasteiger partial charge is 0.218 e. The van der Waals surface area contributed by atoms with Gasteiger partial charge >= 0.3 is 0 Å². The molecule has 2 saturated heterocycles. The fourth-order valence-electron chi connectivity index (χ4n) is 4.03. The van der Waals surface area contributed by atoms with Gasteiger partial charge in [-0.3, -0.25) is 9.88 Å². The molecule has 2 aliphatic heterocycles. The van der Waals surface area contributed by atoms with Crippen molar-refractivity contribution in [2.45, 2.75) is 37.4 Å². The van der Waals surface area contributed by atoms with Crippen molar-refractivity contribution in [1.29, 1.82) is 5.26 Å². The molecule has 124 valence electrons. The molecule has 2 atom stereocenters. The zero-order chi connectivity index (χ0) is 16.6. The molecule has 2 aromatic heterocycles.